The lowest BCUT2D eigenvalue weighted by molar-refractivity contribution is -0.123. The van der Waals surface area contributed by atoms with Crippen LogP contribution in [0.3, 0.4) is 0 Å². The molecular formula is C11H24N2O2. The number of carbonyl (C=O) groups excluding carboxylic acids is 1. The van der Waals surface area contributed by atoms with Gasteiger partial charge in [0.1, 0.15) is 0 Å². The van der Waals surface area contributed by atoms with Gasteiger partial charge in [0.25, 0.3) is 0 Å². The summed E-state index contributed by atoms with van der Waals surface area (Å²) in [6.07, 6.45) is 0.995. The molecule has 0 aromatic carbocycles. The van der Waals surface area contributed by atoms with E-state index >= 15 is 0 Å². The summed E-state index contributed by atoms with van der Waals surface area (Å²) in [5.74, 6) is 0.178. The summed E-state index contributed by atoms with van der Waals surface area (Å²) in [4.78, 5) is 11.2. The van der Waals surface area contributed by atoms with E-state index in [0.29, 0.717) is 12.6 Å². The molecule has 4 heteroatoms. The summed E-state index contributed by atoms with van der Waals surface area (Å²) in [5.41, 5.74) is 0. The molecule has 0 aliphatic rings. The Morgan fingerprint density at radius 3 is 2.47 bits per heavy atom. The molecule has 0 aliphatic heterocycles. The first kappa shape index (κ1) is 14.4. The molecule has 0 aromatic rings. The number of carbonyl (C=O) groups is 1. The largest absolute Gasteiger partial charge is 0.385 e. The average Bonchev–Trinajstić information content (AvgIpc) is 2.20. The molecule has 15 heavy (non-hydrogen) atoms. The zero-order chi connectivity index (χ0) is 11.7. The van der Waals surface area contributed by atoms with Gasteiger partial charge in [0.15, 0.2) is 0 Å². The highest BCUT2D eigenvalue weighted by Crippen LogP contribution is 1.91. The van der Waals surface area contributed by atoms with E-state index in [1.54, 1.807) is 7.11 Å². The van der Waals surface area contributed by atoms with Gasteiger partial charge in [-0.3, -0.25) is 4.79 Å². The van der Waals surface area contributed by atoms with Gasteiger partial charge in [-0.05, 0) is 13.3 Å². The molecule has 1 unspecified atom stereocenters. The van der Waals surface area contributed by atoms with Gasteiger partial charge < -0.3 is 15.4 Å². The molecule has 0 saturated carbocycles. The zero-order valence-electron chi connectivity index (χ0n) is 10.3. The number of ether oxygens (including phenoxy) is 1. The smallest absolute Gasteiger partial charge is 0.222 e. The van der Waals surface area contributed by atoms with Gasteiger partial charge in [-0.25, -0.2) is 0 Å². The second-order valence-corrected chi connectivity index (χ2v) is 4.08. The Bertz CT molecular complexity index is 172. The standard InChI is InChI=1S/C11H24N2O2/c1-9(2)11(14)13-7-6-12-10(3)5-8-15-4/h9-10,12H,5-8H2,1-4H3,(H,13,14). The Morgan fingerprint density at radius 2 is 1.93 bits per heavy atom. The van der Waals surface area contributed by atoms with Crippen LogP contribution in [0.25, 0.3) is 0 Å². The third-order valence-corrected chi connectivity index (χ3v) is 2.20. The monoisotopic (exact) mass is 216 g/mol. The van der Waals surface area contributed by atoms with Crippen molar-refractivity contribution in [2.24, 2.45) is 5.92 Å². The summed E-state index contributed by atoms with van der Waals surface area (Å²) in [5, 5.41) is 6.18. The van der Waals surface area contributed by atoms with Gasteiger partial charge in [-0.1, -0.05) is 13.8 Å². The van der Waals surface area contributed by atoms with Gasteiger partial charge in [-0.15, -0.1) is 0 Å². The average molecular weight is 216 g/mol. The Morgan fingerprint density at radius 1 is 1.27 bits per heavy atom. The lowest BCUT2D eigenvalue weighted by Gasteiger charge is -2.14. The minimum atomic E-state index is 0.0657. The predicted molar refractivity (Wildman–Crippen MR) is 61.8 cm³/mol. The van der Waals surface area contributed by atoms with E-state index in [1.807, 2.05) is 13.8 Å². The van der Waals surface area contributed by atoms with Crippen LogP contribution in [0.15, 0.2) is 0 Å². The first-order chi connectivity index (χ1) is 7.07. The molecule has 0 aromatic heterocycles. The summed E-state index contributed by atoms with van der Waals surface area (Å²) in [6, 6.07) is 0.431. The molecule has 2 N–H and O–H groups in total. The minimum absolute atomic E-state index is 0.0657. The molecule has 4 nitrogen and oxygen atoms in total. The molecule has 0 spiro atoms. The van der Waals surface area contributed by atoms with Gasteiger partial charge in [0, 0.05) is 38.8 Å². The van der Waals surface area contributed by atoms with Crippen LogP contribution in [0, 0.1) is 5.92 Å². The van der Waals surface area contributed by atoms with Crippen molar-refractivity contribution in [2.75, 3.05) is 26.8 Å². The van der Waals surface area contributed by atoms with Crippen LogP contribution in [0.2, 0.25) is 0 Å². The number of amides is 1. The van der Waals surface area contributed by atoms with E-state index in [2.05, 4.69) is 17.6 Å². The van der Waals surface area contributed by atoms with Gasteiger partial charge in [0.05, 0.1) is 0 Å². The van der Waals surface area contributed by atoms with E-state index in [1.165, 1.54) is 0 Å². The molecule has 90 valence electrons. The second kappa shape index (κ2) is 8.68. The van der Waals surface area contributed by atoms with E-state index in [0.717, 1.165) is 19.6 Å². The molecule has 0 heterocycles. The number of hydrogen-bond acceptors (Lipinski definition) is 3. The number of rotatable bonds is 8. The summed E-state index contributed by atoms with van der Waals surface area (Å²) in [7, 11) is 1.70. The minimum Gasteiger partial charge on any atom is -0.385 e. The second-order valence-electron chi connectivity index (χ2n) is 4.08. The first-order valence-electron chi connectivity index (χ1n) is 5.58. The fourth-order valence-corrected chi connectivity index (χ4v) is 1.11. The van der Waals surface area contributed by atoms with Gasteiger partial charge in [-0.2, -0.15) is 0 Å². The highest BCUT2D eigenvalue weighted by molar-refractivity contribution is 5.77. The maximum Gasteiger partial charge on any atom is 0.222 e. The maximum atomic E-state index is 11.2. The summed E-state index contributed by atoms with van der Waals surface area (Å²) in [6.45, 7) is 8.17. The Balaban J connectivity index is 3.34. The third-order valence-electron chi connectivity index (χ3n) is 2.20. The van der Waals surface area contributed by atoms with Gasteiger partial charge >= 0.3 is 0 Å². The van der Waals surface area contributed by atoms with E-state index in [-0.39, 0.29) is 11.8 Å². The van der Waals surface area contributed by atoms with Crippen molar-refractivity contribution in [3.63, 3.8) is 0 Å². The Hall–Kier alpha value is -0.610. The van der Waals surface area contributed by atoms with Crippen molar-refractivity contribution < 1.29 is 9.53 Å². The van der Waals surface area contributed by atoms with Crippen molar-refractivity contribution in [1.29, 1.82) is 0 Å². The quantitative estimate of drug-likeness (QED) is 0.589. The molecule has 0 fully saturated rings. The number of methoxy groups -OCH3 is 1. The van der Waals surface area contributed by atoms with Gasteiger partial charge in [0.2, 0.25) is 5.91 Å². The molecule has 1 atom stereocenters. The molecule has 1 amide bonds. The number of hydrogen-bond donors (Lipinski definition) is 2. The van der Waals surface area contributed by atoms with Crippen molar-refractivity contribution in [3.8, 4) is 0 Å². The molecule has 0 saturated heterocycles. The predicted octanol–water partition coefficient (Wildman–Crippen LogP) is 0.773. The molecule has 0 aliphatic carbocycles. The fraction of sp³-hybridized carbons (Fsp3) is 0.909. The summed E-state index contributed by atoms with van der Waals surface area (Å²) < 4.78 is 4.98. The fourth-order valence-electron chi connectivity index (χ4n) is 1.11. The maximum absolute atomic E-state index is 11.2. The Labute approximate surface area is 92.8 Å². The zero-order valence-corrected chi connectivity index (χ0v) is 10.3. The lowest BCUT2D eigenvalue weighted by Crippen LogP contribution is -2.37. The molecule has 0 radical (unpaired) electrons. The van der Waals surface area contributed by atoms with Crippen LogP contribution >= 0.6 is 0 Å². The van der Waals surface area contributed by atoms with Crippen LogP contribution in [-0.2, 0) is 9.53 Å². The van der Waals surface area contributed by atoms with Crippen molar-refractivity contribution >= 4 is 5.91 Å². The third kappa shape index (κ3) is 8.39. The normalized spacial score (nSPS) is 12.9. The van der Waals surface area contributed by atoms with Crippen LogP contribution in [-0.4, -0.2) is 38.8 Å². The van der Waals surface area contributed by atoms with Crippen LogP contribution < -0.4 is 10.6 Å². The van der Waals surface area contributed by atoms with E-state index in [4.69, 9.17) is 4.74 Å². The van der Waals surface area contributed by atoms with Crippen molar-refractivity contribution in [2.45, 2.75) is 33.2 Å². The molecule has 0 bridgehead atoms. The topological polar surface area (TPSA) is 50.4 Å². The SMILES string of the molecule is COCCC(C)NCCNC(=O)C(C)C. The summed E-state index contributed by atoms with van der Waals surface area (Å²) >= 11 is 0. The number of nitrogens with one attached hydrogen (secondary N) is 2. The van der Waals surface area contributed by atoms with Crippen molar-refractivity contribution in [3.05, 3.63) is 0 Å². The van der Waals surface area contributed by atoms with Crippen LogP contribution in [0.4, 0.5) is 0 Å². The highest BCUT2D eigenvalue weighted by atomic mass is 16.5. The van der Waals surface area contributed by atoms with Crippen LogP contribution in [0.5, 0.6) is 0 Å². The molecule has 0 rings (SSSR count). The van der Waals surface area contributed by atoms with Crippen molar-refractivity contribution in [1.82, 2.24) is 10.6 Å². The van der Waals surface area contributed by atoms with Crippen LogP contribution in [0.1, 0.15) is 27.2 Å². The Kier molecular flexibility index (Phi) is 8.33. The highest BCUT2D eigenvalue weighted by Gasteiger charge is 2.05. The first-order valence-corrected chi connectivity index (χ1v) is 5.58. The van der Waals surface area contributed by atoms with E-state index in [9.17, 15) is 4.79 Å². The lowest BCUT2D eigenvalue weighted by atomic mass is 10.2. The van der Waals surface area contributed by atoms with E-state index < -0.39 is 0 Å². The molecular weight excluding hydrogens is 192 g/mol.